The molecule has 1 aromatic heterocycles. The molecule has 1 nitrogen and oxygen atoms in total. The summed E-state index contributed by atoms with van der Waals surface area (Å²) in [6.45, 7) is 4.45. The molecule has 0 fully saturated rings. The van der Waals surface area contributed by atoms with Crippen molar-refractivity contribution in [3.63, 3.8) is 0 Å². The third kappa shape index (κ3) is 7.02. The van der Waals surface area contributed by atoms with Gasteiger partial charge in [0.2, 0.25) is 5.95 Å². The van der Waals surface area contributed by atoms with Crippen molar-refractivity contribution < 1.29 is 4.39 Å². The summed E-state index contributed by atoms with van der Waals surface area (Å²) in [5.74, 6) is -0.323. The summed E-state index contributed by atoms with van der Waals surface area (Å²) < 4.78 is 14.5. The van der Waals surface area contributed by atoms with Gasteiger partial charge in [-0.05, 0) is 48.4 Å². The number of rotatable bonds is 12. The normalized spacial score (nSPS) is 11.1. The van der Waals surface area contributed by atoms with Crippen LogP contribution in [0.15, 0.2) is 60.7 Å². The molecular weight excluding hydrogens is 381 g/mol. The van der Waals surface area contributed by atoms with E-state index in [-0.39, 0.29) is 5.95 Å². The molecule has 0 aliphatic heterocycles. The summed E-state index contributed by atoms with van der Waals surface area (Å²) in [5.41, 5.74) is 6.17. The van der Waals surface area contributed by atoms with Crippen LogP contribution in [0.5, 0.6) is 0 Å². The maximum absolute atomic E-state index is 14.5. The average molecular weight is 418 g/mol. The topological polar surface area (TPSA) is 12.9 Å². The minimum Gasteiger partial charge on any atom is -0.219 e. The Kier molecular flexibility index (Phi) is 9.27. The fourth-order valence-electron chi connectivity index (χ4n) is 4.01. The second-order valence-corrected chi connectivity index (χ2v) is 8.54. The molecule has 3 rings (SSSR count). The van der Waals surface area contributed by atoms with E-state index in [1.807, 2.05) is 24.3 Å². The molecule has 31 heavy (non-hydrogen) atoms. The monoisotopic (exact) mass is 417 g/mol. The number of hydrogen-bond acceptors (Lipinski definition) is 1. The Morgan fingerprint density at radius 2 is 1.13 bits per heavy atom. The van der Waals surface area contributed by atoms with E-state index < -0.39 is 0 Å². The minimum atomic E-state index is -0.323. The predicted octanol–water partition coefficient (Wildman–Crippen LogP) is 8.80. The predicted molar refractivity (Wildman–Crippen MR) is 131 cm³/mol. The molecule has 0 atom stereocenters. The molecule has 0 spiro atoms. The number of aryl methyl sites for hydroxylation is 2. The lowest BCUT2D eigenvalue weighted by atomic mass is 9.99. The summed E-state index contributed by atoms with van der Waals surface area (Å²) in [4.78, 5) is 4.24. The molecule has 0 bridgehead atoms. The Labute approximate surface area is 187 Å². The summed E-state index contributed by atoms with van der Waals surface area (Å²) in [6, 6.07) is 21.0. The molecule has 1 heterocycles. The lowest BCUT2D eigenvalue weighted by Crippen LogP contribution is -1.96. The molecule has 0 saturated carbocycles. The van der Waals surface area contributed by atoms with Gasteiger partial charge in [-0.2, -0.15) is 4.39 Å². The maximum atomic E-state index is 14.5. The fraction of sp³-hybridized carbons (Fsp3) is 0.414. The van der Waals surface area contributed by atoms with Crippen molar-refractivity contribution in [3.8, 4) is 22.4 Å². The molecule has 164 valence electrons. The van der Waals surface area contributed by atoms with Gasteiger partial charge < -0.3 is 0 Å². The van der Waals surface area contributed by atoms with Gasteiger partial charge in [0.25, 0.3) is 0 Å². The number of pyridine rings is 1. The van der Waals surface area contributed by atoms with Crippen molar-refractivity contribution >= 4 is 0 Å². The van der Waals surface area contributed by atoms with E-state index in [4.69, 9.17) is 0 Å². The molecule has 2 aromatic carbocycles. The van der Waals surface area contributed by atoms with Crippen LogP contribution in [0.25, 0.3) is 22.4 Å². The van der Waals surface area contributed by atoms with Crippen LogP contribution < -0.4 is 0 Å². The fourth-order valence-corrected chi connectivity index (χ4v) is 4.01. The van der Waals surface area contributed by atoms with E-state index in [2.05, 4.69) is 55.2 Å². The minimum absolute atomic E-state index is 0.323. The highest BCUT2D eigenvalue weighted by molar-refractivity contribution is 5.69. The first-order chi connectivity index (χ1) is 15.2. The first-order valence-corrected chi connectivity index (χ1v) is 12.1. The van der Waals surface area contributed by atoms with Crippen LogP contribution in [0.4, 0.5) is 4.39 Å². The van der Waals surface area contributed by atoms with Gasteiger partial charge in [-0.3, -0.25) is 0 Å². The Bertz CT molecular complexity index is 912. The van der Waals surface area contributed by atoms with Crippen molar-refractivity contribution in [1.82, 2.24) is 4.98 Å². The van der Waals surface area contributed by atoms with Crippen molar-refractivity contribution in [2.45, 2.75) is 78.1 Å². The first kappa shape index (κ1) is 23.2. The highest BCUT2D eigenvalue weighted by Crippen LogP contribution is 2.25. The van der Waals surface area contributed by atoms with Crippen LogP contribution in [0.1, 0.15) is 76.3 Å². The average Bonchev–Trinajstić information content (AvgIpc) is 2.80. The van der Waals surface area contributed by atoms with Crippen molar-refractivity contribution in [1.29, 1.82) is 0 Å². The van der Waals surface area contributed by atoms with E-state index in [0.29, 0.717) is 5.69 Å². The number of halogens is 1. The lowest BCUT2D eigenvalue weighted by molar-refractivity contribution is 0.556. The van der Waals surface area contributed by atoms with Crippen LogP contribution in [0, 0.1) is 5.95 Å². The molecule has 0 amide bonds. The van der Waals surface area contributed by atoms with Crippen molar-refractivity contribution in [3.05, 3.63) is 77.7 Å². The Hall–Kier alpha value is -2.48. The molecule has 3 aromatic rings. The van der Waals surface area contributed by atoms with Gasteiger partial charge in [-0.25, -0.2) is 4.98 Å². The number of nitrogens with zero attached hydrogens (tertiary/aromatic N) is 1. The zero-order valence-electron chi connectivity index (χ0n) is 19.2. The summed E-state index contributed by atoms with van der Waals surface area (Å²) >= 11 is 0. The van der Waals surface area contributed by atoms with Crippen molar-refractivity contribution in [2.75, 3.05) is 0 Å². The van der Waals surface area contributed by atoms with Crippen molar-refractivity contribution in [2.24, 2.45) is 0 Å². The Morgan fingerprint density at radius 3 is 1.77 bits per heavy atom. The second-order valence-electron chi connectivity index (χ2n) is 8.54. The van der Waals surface area contributed by atoms with E-state index in [9.17, 15) is 4.39 Å². The van der Waals surface area contributed by atoms with E-state index in [0.717, 1.165) is 36.8 Å². The van der Waals surface area contributed by atoms with Gasteiger partial charge in [-0.15, -0.1) is 0 Å². The molecule has 0 N–H and O–H groups in total. The molecule has 0 radical (unpaired) electrons. The smallest absolute Gasteiger partial charge is 0.216 e. The maximum Gasteiger partial charge on any atom is 0.216 e. The quantitative estimate of drug-likeness (QED) is 0.212. The van der Waals surface area contributed by atoms with Crippen LogP contribution in [0.2, 0.25) is 0 Å². The van der Waals surface area contributed by atoms with Crippen LogP contribution in [-0.4, -0.2) is 4.98 Å². The summed E-state index contributed by atoms with van der Waals surface area (Å²) in [7, 11) is 0. The largest absolute Gasteiger partial charge is 0.219 e. The second kappa shape index (κ2) is 12.4. The van der Waals surface area contributed by atoms with E-state index >= 15 is 0 Å². The number of hydrogen-bond donors (Lipinski definition) is 0. The number of benzene rings is 2. The molecule has 0 saturated heterocycles. The highest BCUT2D eigenvalue weighted by atomic mass is 19.1. The standard InChI is InChI=1S/C29H36FN/c1-3-5-7-8-10-12-27-21-22-28(31-29(27)30)26-19-17-25(18-20-26)24-15-13-23(14-16-24)11-9-6-4-2/h13-22H,3-12H2,1-2H3. The van der Waals surface area contributed by atoms with Crippen LogP contribution in [-0.2, 0) is 12.8 Å². The molecule has 0 aliphatic carbocycles. The number of unbranched alkanes of at least 4 members (excludes halogenated alkanes) is 6. The van der Waals surface area contributed by atoms with Gasteiger partial charge in [0, 0.05) is 11.1 Å². The zero-order chi connectivity index (χ0) is 21.9. The summed E-state index contributed by atoms with van der Waals surface area (Å²) in [6.07, 6.45) is 11.6. The Morgan fingerprint density at radius 1 is 0.581 bits per heavy atom. The third-order valence-electron chi connectivity index (χ3n) is 6.01. The zero-order valence-corrected chi connectivity index (χ0v) is 19.2. The highest BCUT2D eigenvalue weighted by Gasteiger charge is 2.08. The summed E-state index contributed by atoms with van der Waals surface area (Å²) in [5, 5.41) is 0. The van der Waals surface area contributed by atoms with Gasteiger partial charge in [0.1, 0.15) is 0 Å². The van der Waals surface area contributed by atoms with E-state index in [1.54, 1.807) is 0 Å². The van der Waals surface area contributed by atoms with Crippen LogP contribution in [0.3, 0.4) is 0 Å². The third-order valence-corrected chi connectivity index (χ3v) is 6.01. The van der Waals surface area contributed by atoms with Gasteiger partial charge in [0.15, 0.2) is 0 Å². The van der Waals surface area contributed by atoms with Gasteiger partial charge in [0.05, 0.1) is 5.69 Å². The van der Waals surface area contributed by atoms with Gasteiger partial charge >= 0.3 is 0 Å². The first-order valence-electron chi connectivity index (χ1n) is 12.1. The molecule has 2 heteroatoms. The van der Waals surface area contributed by atoms with Crippen LogP contribution >= 0.6 is 0 Å². The molecular formula is C29H36FN. The lowest BCUT2D eigenvalue weighted by Gasteiger charge is -2.08. The van der Waals surface area contributed by atoms with Gasteiger partial charge in [-0.1, -0.05) is 107 Å². The van der Waals surface area contributed by atoms with E-state index in [1.165, 1.54) is 55.2 Å². The number of aromatic nitrogens is 1. The molecule has 0 unspecified atom stereocenters. The SMILES string of the molecule is CCCCCCCc1ccc(-c2ccc(-c3ccc(CCCCC)cc3)cc2)nc1F. The molecule has 0 aliphatic rings. The Balaban J connectivity index is 1.61.